The van der Waals surface area contributed by atoms with Crippen LogP contribution in [-0.4, -0.2) is 35.9 Å². The van der Waals surface area contributed by atoms with Crippen molar-refractivity contribution in [3.05, 3.63) is 53.9 Å². The summed E-state index contributed by atoms with van der Waals surface area (Å²) in [4.78, 5) is 4.31. The molecule has 0 radical (unpaired) electrons. The number of aromatic nitrogens is 2. The average molecular weight is 327 g/mol. The molecule has 0 amide bonds. The van der Waals surface area contributed by atoms with Crippen molar-refractivity contribution in [3.63, 3.8) is 0 Å². The van der Waals surface area contributed by atoms with Crippen LogP contribution in [0.4, 0.5) is 0 Å². The number of hydrogen-bond donors (Lipinski definition) is 2. The lowest BCUT2D eigenvalue weighted by Crippen LogP contribution is -2.43. The fourth-order valence-corrected chi connectivity index (χ4v) is 2.57. The van der Waals surface area contributed by atoms with E-state index in [1.165, 1.54) is 11.1 Å². The molecule has 0 bridgehead atoms. The second-order valence-electron chi connectivity index (χ2n) is 6.73. The minimum absolute atomic E-state index is 0.0404. The van der Waals surface area contributed by atoms with Gasteiger partial charge in [0.25, 0.3) is 0 Å². The summed E-state index contributed by atoms with van der Waals surface area (Å²) < 4.78 is 1.94. The van der Waals surface area contributed by atoms with Crippen LogP contribution in [0.2, 0.25) is 0 Å². The highest BCUT2D eigenvalue weighted by Crippen LogP contribution is 2.22. The third kappa shape index (κ3) is 5.41. The minimum atomic E-state index is 0.0404. The standard InChI is InChI=1S/C19H29N5/c1-16-8-5-9-17(14-16)19(2,3)15-22-18(20-4)21-10-6-12-24-13-7-11-23-24/h5,7-9,11,13-14H,6,10,12,15H2,1-4H3,(H2,20,21,22). The molecule has 2 rings (SSSR count). The summed E-state index contributed by atoms with van der Waals surface area (Å²) in [6.07, 6.45) is 4.79. The van der Waals surface area contributed by atoms with Gasteiger partial charge in [0, 0.05) is 44.5 Å². The zero-order valence-corrected chi connectivity index (χ0v) is 15.2. The number of hydrogen-bond acceptors (Lipinski definition) is 2. The van der Waals surface area contributed by atoms with E-state index < -0.39 is 0 Å². The van der Waals surface area contributed by atoms with Crippen LogP contribution >= 0.6 is 0 Å². The molecule has 0 spiro atoms. The van der Waals surface area contributed by atoms with Crippen LogP contribution in [-0.2, 0) is 12.0 Å². The van der Waals surface area contributed by atoms with Gasteiger partial charge in [-0.25, -0.2) is 0 Å². The molecule has 0 atom stereocenters. The van der Waals surface area contributed by atoms with Crippen molar-refractivity contribution in [1.29, 1.82) is 0 Å². The number of guanidine groups is 1. The van der Waals surface area contributed by atoms with E-state index in [-0.39, 0.29) is 5.41 Å². The van der Waals surface area contributed by atoms with Crippen molar-refractivity contribution < 1.29 is 0 Å². The van der Waals surface area contributed by atoms with E-state index in [0.29, 0.717) is 0 Å². The lowest BCUT2D eigenvalue weighted by molar-refractivity contribution is 0.506. The molecule has 0 aliphatic rings. The zero-order chi connectivity index (χ0) is 17.4. The van der Waals surface area contributed by atoms with E-state index >= 15 is 0 Å². The lowest BCUT2D eigenvalue weighted by Gasteiger charge is -2.27. The number of aryl methyl sites for hydroxylation is 2. The van der Waals surface area contributed by atoms with Crippen LogP contribution < -0.4 is 10.6 Å². The van der Waals surface area contributed by atoms with E-state index in [0.717, 1.165) is 32.0 Å². The summed E-state index contributed by atoms with van der Waals surface area (Å²) in [5, 5.41) is 11.0. The van der Waals surface area contributed by atoms with Crippen molar-refractivity contribution in [1.82, 2.24) is 20.4 Å². The minimum Gasteiger partial charge on any atom is -0.356 e. The zero-order valence-electron chi connectivity index (χ0n) is 15.2. The van der Waals surface area contributed by atoms with Gasteiger partial charge in [-0.2, -0.15) is 5.10 Å². The molecule has 130 valence electrons. The number of aliphatic imine (C=N–C) groups is 1. The van der Waals surface area contributed by atoms with Crippen LogP contribution in [0.1, 0.15) is 31.4 Å². The Labute approximate surface area is 145 Å². The Morgan fingerprint density at radius 3 is 2.75 bits per heavy atom. The Morgan fingerprint density at radius 1 is 1.25 bits per heavy atom. The maximum absolute atomic E-state index is 4.31. The van der Waals surface area contributed by atoms with Crippen LogP contribution in [0, 0.1) is 6.92 Å². The van der Waals surface area contributed by atoms with Crippen LogP contribution in [0.25, 0.3) is 0 Å². The quantitative estimate of drug-likeness (QED) is 0.467. The van der Waals surface area contributed by atoms with Gasteiger partial charge in [0.05, 0.1) is 0 Å². The molecular weight excluding hydrogens is 298 g/mol. The molecule has 24 heavy (non-hydrogen) atoms. The van der Waals surface area contributed by atoms with Gasteiger partial charge in [0.2, 0.25) is 0 Å². The number of nitrogens with one attached hydrogen (secondary N) is 2. The van der Waals surface area contributed by atoms with Crippen LogP contribution in [0.5, 0.6) is 0 Å². The highest BCUT2D eigenvalue weighted by atomic mass is 15.3. The average Bonchev–Trinajstić information content (AvgIpc) is 3.07. The lowest BCUT2D eigenvalue weighted by atomic mass is 9.84. The van der Waals surface area contributed by atoms with E-state index in [4.69, 9.17) is 0 Å². The maximum Gasteiger partial charge on any atom is 0.191 e. The predicted molar refractivity (Wildman–Crippen MR) is 100 cm³/mol. The van der Waals surface area contributed by atoms with Crippen molar-refractivity contribution in [3.8, 4) is 0 Å². The monoisotopic (exact) mass is 327 g/mol. The number of rotatable bonds is 7. The Morgan fingerprint density at radius 2 is 2.08 bits per heavy atom. The van der Waals surface area contributed by atoms with Gasteiger partial charge in [-0.15, -0.1) is 0 Å². The van der Waals surface area contributed by atoms with Gasteiger partial charge in [-0.1, -0.05) is 43.7 Å². The highest BCUT2D eigenvalue weighted by molar-refractivity contribution is 5.79. The first kappa shape index (κ1) is 18.0. The summed E-state index contributed by atoms with van der Waals surface area (Å²) >= 11 is 0. The van der Waals surface area contributed by atoms with Gasteiger partial charge >= 0.3 is 0 Å². The molecule has 1 aromatic heterocycles. The Bertz CT molecular complexity index is 644. The molecule has 0 aliphatic carbocycles. The van der Waals surface area contributed by atoms with Gasteiger partial charge in [-0.3, -0.25) is 9.67 Å². The van der Waals surface area contributed by atoms with Crippen molar-refractivity contribution in [2.45, 2.75) is 39.2 Å². The molecule has 0 unspecified atom stereocenters. The van der Waals surface area contributed by atoms with Crippen molar-refractivity contribution in [2.24, 2.45) is 4.99 Å². The molecule has 0 saturated heterocycles. The molecule has 0 aliphatic heterocycles. The second kappa shape index (κ2) is 8.52. The molecule has 2 N–H and O–H groups in total. The fourth-order valence-electron chi connectivity index (χ4n) is 2.57. The predicted octanol–water partition coefficient (Wildman–Crippen LogP) is 2.72. The van der Waals surface area contributed by atoms with Crippen molar-refractivity contribution >= 4 is 5.96 Å². The SMILES string of the molecule is CN=C(NCCCn1cccn1)NCC(C)(C)c1cccc(C)c1. The molecule has 0 fully saturated rings. The fraction of sp³-hybridized carbons (Fsp3) is 0.474. The summed E-state index contributed by atoms with van der Waals surface area (Å²) in [7, 11) is 1.81. The third-order valence-corrected chi connectivity index (χ3v) is 4.14. The Balaban J connectivity index is 1.78. The summed E-state index contributed by atoms with van der Waals surface area (Å²) in [6.45, 7) is 9.23. The molecule has 5 heteroatoms. The van der Waals surface area contributed by atoms with E-state index in [1.807, 2.05) is 24.0 Å². The van der Waals surface area contributed by atoms with Gasteiger partial charge in [-0.05, 0) is 25.0 Å². The molecule has 1 aromatic carbocycles. The summed E-state index contributed by atoms with van der Waals surface area (Å²) in [5.74, 6) is 0.844. The maximum atomic E-state index is 4.31. The molecule has 2 aromatic rings. The smallest absolute Gasteiger partial charge is 0.191 e. The largest absolute Gasteiger partial charge is 0.356 e. The number of nitrogens with zero attached hydrogens (tertiary/aromatic N) is 3. The van der Waals surface area contributed by atoms with E-state index in [2.05, 4.69) is 65.8 Å². The van der Waals surface area contributed by atoms with Crippen LogP contribution in [0.3, 0.4) is 0 Å². The summed E-state index contributed by atoms with van der Waals surface area (Å²) in [6, 6.07) is 10.6. The van der Waals surface area contributed by atoms with Crippen LogP contribution in [0.15, 0.2) is 47.7 Å². The molecule has 1 heterocycles. The first-order valence-electron chi connectivity index (χ1n) is 8.50. The Hall–Kier alpha value is -2.30. The van der Waals surface area contributed by atoms with E-state index in [9.17, 15) is 0 Å². The van der Waals surface area contributed by atoms with E-state index in [1.54, 1.807) is 6.20 Å². The molecule has 0 saturated carbocycles. The van der Waals surface area contributed by atoms with Gasteiger partial charge < -0.3 is 10.6 Å². The molecule has 5 nitrogen and oxygen atoms in total. The summed E-state index contributed by atoms with van der Waals surface area (Å²) in [5.41, 5.74) is 2.67. The van der Waals surface area contributed by atoms with Gasteiger partial charge in [0.1, 0.15) is 0 Å². The third-order valence-electron chi connectivity index (χ3n) is 4.14. The second-order valence-corrected chi connectivity index (χ2v) is 6.73. The normalized spacial score (nSPS) is 12.2. The highest BCUT2D eigenvalue weighted by Gasteiger charge is 2.20. The Kier molecular flexibility index (Phi) is 6.41. The first-order valence-corrected chi connectivity index (χ1v) is 8.50. The van der Waals surface area contributed by atoms with Crippen molar-refractivity contribution in [2.75, 3.05) is 20.1 Å². The topological polar surface area (TPSA) is 54.2 Å². The first-order chi connectivity index (χ1) is 11.5. The van der Waals surface area contributed by atoms with Gasteiger partial charge in [0.15, 0.2) is 5.96 Å². The molecular formula is C19H29N5. The number of benzene rings is 1.